The van der Waals surface area contributed by atoms with Gasteiger partial charge in [0.2, 0.25) is 10.0 Å². The first-order valence-electron chi connectivity index (χ1n) is 7.82. The zero-order valence-corrected chi connectivity index (χ0v) is 14.9. The summed E-state index contributed by atoms with van der Waals surface area (Å²) >= 11 is 0. The summed E-state index contributed by atoms with van der Waals surface area (Å²) < 4.78 is 32.1. The van der Waals surface area contributed by atoms with Crippen LogP contribution in [0.25, 0.3) is 0 Å². The van der Waals surface area contributed by atoms with Crippen LogP contribution in [-0.2, 0) is 26.6 Å². The summed E-state index contributed by atoms with van der Waals surface area (Å²) in [7, 11) is -0.811. The maximum Gasteiger partial charge on any atom is 0.355 e. The number of carbonyl (C=O) groups excluding carboxylic acids is 2. The summed E-state index contributed by atoms with van der Waals surface area (Å²) in [6.07, 6.45) is 4.31. The molecule has 8 nitrogen and oxygen atoms in total. The molecule has 0 bridgehead atoms. The second-order valence-electron chi connectivity index (χ2n) is 5.89. The molecule has 1 N–H and O–H groups in total. The molecule has 1 atom stereocenters. The molecule has 24 heavy (non-hydrogen) atoms. The van der Waals surface area contributed by atoms with Gasteiger partial charge < -0.3 is 14.2 Å². The van der Waals surface area contributed by atoms with Crippen LogP contribution in [0, 0.1) is 0 Å². The van der Waals surface area contributed by atoms with E-state index in [1.54, 1.807) is 11.9 Å². The third-order valence-electron chi connectivity index (χ3n) is 4.22. The van der Waals surface area contributed by atoms with Crippen LogP contribution >= 0.6 is 0 Å². The summed E-state index contributed by atoms with van der Waals surface area (Å²) in [4.78, 5) is 26.0. The number of amides is 1. The van der Waals surface area contributed by atoms with E-state index in [1.807, 2.05) is 6.92 Å². The highest BCUT2D eigenvalue weighted by Crippen LogP contribution is 2.17. The molecule has 1 aliphatic heterocycles. The van der Waals surface area contributed by atoms with Gasteiger partial charge in [-0.2, -0.15) is 0 Å². The third kappa shape index (κ3) is 3.96. The van der Waals surface area contributed by atoms with Gasteiger partial charge in [0.05, 0.1) is 0 Å². The van der Waals surface area contributed by atoms with Gasteiger partial charge in [0.15, 0.2) is 6.61 Å². The van der Waals surface area contributed by atoms with Gasteiger partial charge >= 0.3 is 5.97 Å². The SMILES string of the molecule is CNS(=O)(=O)c1cc(C(=O)OCC(=O)N2CCCCC2C)n(C)c1. The molecule has 0 aromatic carbocycles. The Morgan fingerprint density at radius 3 is 2.71 bits per heavy atom. The van der Waals surface area contributed by atoms with Crippen molar-refractivity contribution in [2.24, 2.45) is 7.05 Å². The number of ether oxygens (including phenoxy) is 1. The summed E-state index contributed by atoms with van der Waals surface area (Å²) in [5.74, 6) is -0.958. The molecule has 2 rings (SSSR count). The first-order chi connectivity index (χ1) is 11.3. The maximum atomic E-state index is 12.2. The van der Waals surface area contributed by atoms with Gasteiger partial charge in [-0.15, -0.1) is 0 Å². The molecule has 0 aliphatic carbocycles. The lowest BCUT2D eigenvalue weighted by Gasteiger charge is -2.33. The number of piperidine rings is 1. The molecule has 134 valence electrons. The molecule has 0 radical (unpaired) electrons. The van der Waals surface area contributed by atoms with Crippen molar-refractivity contribution in [1.82, 2.24) is 14.2 Å². The first-order valence-corrected chi connectivity index (χ1v) is 9.31. The van der Waals surface area contributed by atoms with E-state index in [1.165, 1.54) is 23.9 Å². The molecule has 1 amide bonds. The second kappa shape index (κ2) is 7.35. The van der Waals surface area contributed by atoms with Crippen LogP contribution < -0.4 is 4.72 Å². The van der Waals surface area contributed by atoms with Crippen molar-refractivity contribution in [3.05, 3.63) is 18.0 Å². The monoisotopic (exact) mass is 357 g/mol. The molecule has 1 aromatic rings. The number of aryl methyl sites for hydroxylation is 1. The zero-order valence-electron chi connectivity index (χ0n) is 14.1. The third-order valence-corrected chi connectivity index (χ3v) is 5.60. The number of hydrogen-bond donors (Lipinski definition) is 1. The van der Waals surface area contributed by atoms with Crippen LogP contribution in [-0.4, -0.2) is 56.0 Å². The number of nitrogens with one attached hydrogen (secondary N) is 1. The Hall–Kier alpha value is -1.87. The van der Waals surface area contributed by atoms with E-state index in [9.17, 15) is 18.0 Å². The zero-order chi connectivity index (χ0) is 17.9. The summed E-state index contributed by atoms with van der Waals surface area (Å²) in [5, 5.41) is 0. The van der Waals surface area contributed by atoms with E-state index in [4.69, 9.17) is 4.74 Å². The normalized spacial score (nSPS) is 18.5. The Morgan fingerprint density at radius 2 is 2.08 bits per heavy atom. The highest BCUT2D eigenvalue weighted by molar-refractivity contribution is 7.89. The number of hydrogen-bond acceptors (Lipinski definition) is 5. The Balaban J connectivity index is 2.01. The van der Waals surface area contributed by atoms with Crippen LogP contribution in [0.5, 0.6) is 0 Å². The Bertz CT molecular complexity index is 725. The number of likely N-dealkylation sites (tertiary alicyclic amines) is 1. The van der Waals surface area contributed by atoms with Gasteiger partial charge in [-0.05, 0) is 39.3 Å². The number of aromatic nitrogens is 1. The lowest BCUT2D eigenvalue weighted by Crippen LogP contribution is -2.44. The Labute approximate surface area is 141 Å². The molecule has 1 unspecified atom stereocenters. The predicted molar refractivity (Wildman–Crippen MR) is 87.0 cm³/mol. The number of sulfonamides is 1. The fourth-order valence-corrected chi connectivity index (χ4v) is 3.55. The molecule has 1 aliphatic rings. The lowest BCUT2D eigenvalue weighted by molar-refractivity contribution is -0.137. The van der Waals surface area contributed by atoms with Crippen LogP contribution in [0.3, 0.4) is 0 Å². The number of rotatable bonds is 5. The number of carbonyl (C=O) groups is 2. The van der Waals surface area contributed by atoms with E-state index >= 15 is 0 Å². The molecule has 0 saturated carbocycles. The van der Waals surface area contributed by atoms with Gasteiger partial charge in [-0.25, -0.2) is 17.9 Å². The Kier molecular flexibility index (Phi) is 5.66. The molecule has 1 aromatic heterocycles. The van der Waals surface area contributed by atoms with Crippen LogP contribution in [0.15, 0.2) is 17.2 Å². The summed E-state index contributed by atoms with van der Waals surface area (Å²) in [5.41, 5.74) is 0.0725. The van der Waals surface area contributed by atoms with E-state index < -0.39 is 16.0 Å². The number of nitrogens with zero attached hydrogens (tertiary/aromatic N) is 2. The molecular weight excluding hydrogens is 334 g/mol. The fourth-order valence-electron chi connectivity index (χ4n) is 2.75. The lowest BCUT2D eigenvalue weighted by atomic mass is 10.0. The highest BCUT2D eigenvalue weighted by atomic mass is 32.2. The quantitative estimate of drug-likeness (QED) is 0.774. The van der Waals surface area contributed by atoms with Gasteiger partial charge in [0.1, 0.15) is 10.6 Å². The van der Waals surface area contributed by atoms with Crippen molar-refractivity contribution >= 4 is 21.9 Å². The van der Waals surface area contributed by atoms with Gasteiger partial charge in [-0.1, -0.05) is 0 Å². The van der Waals surface area contributed by atoms with Crippen molar-refractivity contribution in [2.75, 3.05) is 20.2 Å². The maximum absolute atomic E-state index is 12.2. The summed E-state index contributed by atoms with van der Waals surface area (Å²) in [6, 6.07) is 1.37. The predicted octanol–water partition coefficient (Wildman–Crippen LogP) is 0.491. The molecule has 0 spiro atoms. The van der Waals surface area contributed by atoms with Crippen molar-refractivity contribution in [1.29, 1.82) is 0 Å². The average molecular weight is 357 g/mol. The Morgan fingerprint density at radius 1 is 1.38 bits per heavy atom. The van der Waals surface area contributed by atoms with Gasteiger partial charge in [0, 0.05) is 25.8 Å². The van der Waals surface area contributed by atoms with E-state index in [0.717, 1.165) is 19.3 Å². The minimum atomic E-state index is -3.64. The van der Waals surface area contributed by atoms with E-state index in [0.29, 0.717) is 6.54 Å². The molecule has 1 saturated heterocycles. The molecule has 9 heteroatoms. The molecular formula is C15H23N3O5S. The minimum Gasteiger partial charge on any atom is -0.451 e. The molecule has 1 fully saturated rings. The van der Waals surface area contributed by atoms with Crippen molar-refractivity contribution in [2.45, 2.75) is 37.1 Å². The topological polar surface area (TPSA) is 97.7 Å². The highest BCUT2D eigenvalue weighted by Gasteiger charge is 2.25. The smallest absolute Gasteiger partial charge is 0.355 e. The van der Waals surface area contributed by atoms with Crippen molar-refractivity contribution < 1.29 is 22.7 Å². The van der Waals surface area contributed by atoms with E-state index in [-0.39, 0.29) is 29.1 Å². The average Bonchev–Trinajstić information content (AvgIpc) is 2.95. The first kappa shape index (κ1) is 18.5. The van der Waals surface area contributed by atoms with Crippen molar-refractivity contribution in [3.63, 3.8) is 0 Å². The minimum absolute atomic E-state index is 0.0320. The molecule has 2 heterocycles. The standard InChI is InChI=1S/C15H23N3O5S/c1-11-6-4-5-7-18(11)14(19)10-23-15(20)13-8-12(9-17(13)3)24(21,22)16-2/h8-9,11,16H,4-7,10H2,1-3H3. The van der Waals surface area contributed by atoms with Gasteiger partial charge in [0.25, 0.3) is 5.91 Å². The van der Waals surface area contributed by atoms with Crippen LogP contribution in [0.1, 0.15) is 36.7 Å². The summed E-state index contributed by atoms with van der Waals surface area (Å²) in [6.45, 7) is 2.31. The second-order valence-corrected chi connectivity index (χ2v) is 7.77. The van der Waals surface area contributed by atoms with Crippen LogP contribution in [0.4, 0.5) is 0 Å². The van der Waals surface area contributed by atoms with E-state index in [2.05, 4.69) is 4.72 Å². The van der Waals surface area contributed by atoms with Gasteiger partial charge in [-0.3, -0.25) is 4.79 Å². The fraction of sp³-hybridized carbons (Fsp3) is 0.600. The largest absolute Gasteiger partial charge is 0.451 e. The van der Waals surface area contributed by atoms with Crippen LogP contribution in [0.2, 0.25) is 0 Å². The number of esters is 1. The van der Waals surface area contributed by atoms with Crippen molar-refractivity contribution in [3.8, 4) is 0 Å².